The third-order valence-corrected chi connectivity index (χ3v) is 2.66. The van der Waals surface area contributed by atoms with E-state index in [0.717, 1.165) is 13.0 Å². The highest BCUT2D eigenvalue weighted by atomic mass is 16.3. The van der Waals surface area contributed by atoms with Gasteiger partial charge in [-0.3, -0.25) is 0 Å². The molecule has 0 saturated carbocycles. The molecule has 1 rings (SSSR count). The largest absolute Gasteiger partial charge is 0.394 e. The van der Waals surface area contributed by atoms with Crippen molar-refractivity contribution in [1.29, 1.82) is 0 Å². The van der Waals surface area contributed by atoms with Gasteiger partial charge in [-0.15, -0.1) is 0 Å². The maximum atomic E-state index is 9.12. The van der Waals surface area contributed by atoms with E-state index < -0.39 is 0 Å². The van der Waals surface area contributed by atoms with Gasteiger partial charge in [-0.1, -0.05) is 13.8 Å². The second-order valence-corrected chi connectivity index (χ2v) is 3.50. The van der Waals surface area contributed by atoms with Gasteiger partial charge in [-0.05, 0) is 25.3 Å². The molecule has 2 nitrogen and oxygen atoms in total. The Morgan fingerprint density at radius 1 is 1.60 bits per heavy atom. The van der Waals surface area contributed by atoms with Crippen molar-refractivity contribution in [2.45, 2.75) is 32.2 Å². The van der Waals surface area contributed by atoms with E-state index in [1.807, 2.05) is 0 Å². The maximum Gasteiger partial charge on any atom is 0.0615 e. The number of hydrogen-bond donors (Lipinski definition) is 2. The van der Waals surface area contributed by atoms with Gasteiger partial charge in [0.2, 0.25) is 0 Å². The molecule has 0 aliphatic carbocycles. The summed E-state index contributed by atoms with van der Waals surface area (Å²) in [6, 6.07) is 0. The minimum atomic E-state index is 0.0417. The van der Waals surface area contributed by atoms with Crippen LogP contribution in [0.15, 0.2) is 0 Å². The van der Waals surface area contributed by atoms with Crippen molar-refractivity contribution in [1.82, 2.24) is 5.32 Å². The first-order valence-corrected chi connectivity index (χ1v) is 4.07. The summed E-state index contributed by atoms with van der Waals surface area (Å²) in [6.07, 6.45) is 2.33. The molecule has 0 spiro atoms. The lowest BCUT2D eigenvalue weighted by Gasteiger charge is -2.31. The van der Waals surface area contributed by atoms with Gasteiger partial charge in [0.1, 0.15) is 0 Å². The normalized spacial score (nSPS) is 33.6. The van der Waals surface area contributed by atoms with Gasteiger partial charge in [0.05, 0.1) is 6.61 Å². The minimum Gasteiger partial charge on any atom is -0.394 e. The Morgan fingerprint density at radius 3 is 2.50 bits per heavy atom. The summed E-state index contributed by atoms with van der Waals surface area (Å²) in [6.45, 7) is 5.67. The number of aliphatic hydroxyl groups excluding tert-OH is 1. The van der Waals surface area contributed by atoms with Gasteiger partial charge in [0, 0.05) is 5.54 Å². The summed E-state index contributed by atoms with van der Waals surface area (Å²) in [5.74, 6) is 0.542. The van der Waals surface area contributed by atoms with Crippen molar-refractivity contribution in [3.63, 3.8) is 0 Å². The minimum absolute atomic E-state index is 0.0417. The van der Waals surface area contributed by atoms with E-state index in [2.05, 4.69) is 19.2 Å². The fourth-order valence-electron chi connectivity index (χ4n) is 1.64. The second-order valence-electron chi connectivity index (χ2n) is 3.50. The van der Waals surface area contributed by atoms with Crippen molar-refractivity contribution in [3.8, 4) is 0 Å². The zero-order valence-corrected chi connectivity index (χ0v) is 6.85. The number of nitrogens with one attached hydrogen (secondary N) is 1. The van der Waals surface area contributed by atoms with Gasteiger partial charge in [0.25, 0.3) is 0 Å². The molecule has 1 aliphatic heterocycles. The van der Waals surface area contributed by atoms with Crippen LogP contribution in [0.3, 0.4) is 0 Å². The van der Waals surface area contributed by atoms with E-state index in [-0.39, 0.29) is 12.1 Å². The Kier molecular flexibility index (Phi) is 2.32. The highest BCUT2D eigenvalue weighted by molar-refractivity contribution is 4.94. The lowest BCUT2D eigenvalue weighted by Crippen LogP contribution is -2.48. The first kappa shape index (κ1) is 8.02. The third kappa shape index (κ3) is 1.18. The predicted octanol–water partition coefficient (Wildman–Crippen LogP) is 0.757. The highest BCUT2D eigenvalue weighted by Gasteiger charge is 2.35. The Bertz CT molecular complexity index is 106. The van der Waals surface area contributed by atoms with E-state index >= 15 is 0 Å². The summed E-state index contributed by atoms with van der Waals surface area (Å²) in [7, 11) is 0. The zero-order chi connectivity index (χ0) is 7.61. The van der Waals surface area contributed by atoms with Crippen LogP contribution in [0.4, 0.5) is 0 Å². The molecule has 10 heavy (non-hydrogen) atoms. The van der Waals surface area contributed by atoms with Gasteiger partial charge < -0.3 is 10.4 Å². The van der Waals surface area contributed by atoms with Gasteiger partial charge in [-0.2, -0.15) is 0 Å². The van der Waals surface area contributed by atoms with Crippen molar-refractivity contribution in [2.75, 3.05) is 13.2 Å². The molecule has 0 aromatic carbocycles. The summed E-state index contributed by atoms with van der Waals surface area (Å²) >= 11 is 0. The monoisotopic (exact) mass is 143 g/mol. The molecule has 0 amide bonds. The van der Waals surface area contributed by atoms with Crippen LogP contribution in [0.25, 0.3) is 0 Å². The molecule has 1 aliphatic rings. The van der Waals surface area contributed by atoms with Crippen LogP contribution >= 0.6 is 0 Å². The molecular weight excluding hydrogens is 126 g/mol. The summed E-state index contributed by atoms with van der Waals surface area (Å²) in [5, 5.41) is 12.5. The Hall–Kier alpha value is -0.0800. The van der Waals surface area contributed by atoms with E-state index in [1.165, 1.54) is 6.42 Å². The zero-order valence-electron chi connectivity index (χ0n) is 6.85. The smallest absolute Gasteiger partial charge is 0.0615 e. The molecule has 0 aromatic heterocycles. The van der Waals surface area contributed by atoms with Gasteiger partial charge in [-0.25, -0.2) is 0 Å². The average Bonchev–Trinajstić information content (AvgIpc) is 2.35. The molecule has 0 bridgehead atoms. The molecule has 1 heterocycles. The molecule has 2 N–H and O–H groups in total. The molecule has 60 valence electrons. The van der Waals surface area contributed by atoms with Crippen molar-refractivity contribution in [3.05, 3.63) is 0 Å². The standard InChI is InChI=1S/C8H17NO/c1-7(2)8(6-10)4-3-5-9-8/h7,9-10H,3-6H2,1-2H3/t8-/m1/s1. The van der Waals surface area contributed by atoms with Crippen LogP contribution in [0.1, 0.15) is 26.7 Å². The van der Waals surface area contributed by atoms with E-state index in [9.17, 15) is 0 Å². The van der Waals surface area contributed by atoms with Crippen LogP contribution in [0.2, 0.25) is 0 Å². The van der Waals surface area contributed by atoms with Crippen LogP contribution in [0.5, 0.6) is 0 Å². The van der Waals surface area contributed by atoms with E-state index in [4.69, 9.17) is 5.11 Å². The Morgan fingerprint density at radius 2 is 2.30 bits per heavy atom. The number of rotatable bonds is 2. The molecule has 1 atom stereocenters. The molecule has 1 fully saturated rings. The van der Waals surface area contributed by atoms with E-state index in [1.54, 1.807) is 0 Å². The van der Waals surface area contributed by atoms with Crippen LogP contribution < -0.4 is 5.32 Å². The van der Waals surface area contributed by atoms with Crippen molar-refractivity contribution >= 4 is 0 Å². The Labute approximate surface area is 62.6 Å². The quantitative estimate of drug-likeness (QED) is 0.598. The molecule has 0 radical (unpaired) electrons. The number of aliphatic hydroxyl groups is 1. The summed E-state index contributed by atoms with van der Waals surface area (Å²) < 4.78 is 0. The maximum absolute atomic E-state index is 9.12. The highest BCUT2D eigenvalue weighted by Crippen LogP contribution is 2.26. The molecule has 1 saturated heterocycles. The first-order chi connectivity index (χ1) is 4.71. The van der Waals surface area contributed by atoms with Gasteiger partial charge in [0.15, 0.2) is 0 Å². The molecular formula is C8H17NO. The summed E-state index contributed by atoms with van der Waals surface area (Å²) in [4.78, 5) is 0. The third-order valence-electron chi connectivity index (χ3n) is 2.66. The van der Waals surface area contributed by atoms with Crippen molar-refractivity contribution in [2.24, 2.45) is 5.92 Å². The fourth-order valence-corrected chi connectivity index (χ4v) is 1.64. The number of hydrogen-bond acceptors (Lipinski definition) is 2. The van der Waals surface area contributed by atoms with E-state index in [0.29, 0.717) is 5.92 Å². The molecule has 0 unspecified atom stereocenters. The second kappa shape index (κ2) is 2.89. The molecule has 0 aromatic rings. The first-order valence-electron chi connectivity index (χ1n) is 4.07. The lowest BCUT2D eigenvalue weighted by atomic mass is 9.86. The van der Waals surface area contributed by atoms with Gasteiger partial charge >= 0.3 is 0 Å². The topological polar surface area (TPSA) is 32.3 Å². The Balaban J connectivity index is 2.58. The van der Waals surface area contributed by atoms with Crippen LogP contribution in [0, 0.1) is 5.92 Å². The summed E-state index contributed by atoms with van der Waals surface area (Å²) in [5.41, 5.74) is 0.0417. The molecule has 2 heteroatoms. The lowest BCUT2D eigenvalue weighted by molar-refractivity contribution is 0.136. The average molecular weight is 143 g/mol. The van der Waals surface area contributed by atoms with Crippen LogP contribution in [-0.4, -0.2) is 23.8 Å². The van der Waals surface area contributed by atoms with Crippen molar-refractivity contribution < 1.29 is 5.11 Å². The fraction of sp³-hybridized carbons (Fsp3) is 1.00. The predicted molar refractivity (Wildman–Crippen MR) is 41.9 cm³/mol. The SMILES string of the molecule is CC(C)[C@]1(CO)CCCN1. The van der Waals surface area contributed by atoms with Crippen LogP contribution in [-0.2, 0) is 0 Å².